The van der Waals surface area contributed by atoms with E-state index in [1.54, 1.807) is 12.1 Å². The number of pyridine rings is 1. The van der Waals surface area contributed by atoms with Crippen LogP contribution in [0.25, 0.3) is 0 Å². The number of hydrogen-bond donors (Lipinski definition) is 2. The van der Waals surface area contributed by atoms with Crippen molar-refractivity contribution in [2.45, 2.75) is 26.3 Å². The first-order chi connectivity index (χ1) is 8.06. The van der Waals surface area contributed by atoms with Crippen LogP contribution in [-0.2, 0) is 4.79 Å². The van der Waals surface area contributed by atoms with Gasteiger partial charge in [-0.2, -0.15) is 0 Å². The van der Waals surface area contributed by atoms with E-state index in [2.05, 4.69) is 10.3 Å². The molecule has 0 fully saturated rings. The van der Waals surface area contributed by atoms with Gasteiger partial charge in [-0.3, -0.25) is 19.9 Å². The third-order valence-electron chi connectivity index (χ3n) is 2.69. The minimum atomic E-state index is -0.673. The summed E-state index contributed by atoms with van der Waals surface area (Å²) in [5.41, 5.74) is 5.92. The Balaban J connectivity index is 2.61. The lowest BCUT2D eigenvalue weighted by Gasteiger charge is -2.16. The minimum absolute atomic E-state index is 0.0338. The van der Waals surface area contributed by atoms with Crippen LogP contribution in [0.15, 0.2) is 24.4 Å². The van der Waals surface area contributed by atoms with Gasteiger partial charge in [-0.25, -0.2) is 0 Å². The highest BCUT2D eigenvalue weighted by atomic mass is 16.2. The fraction of sp³-hybridized carbons (Fsp3) is 0.417. The molecule has 2 atom stereocenters. The molecule has 0 aromatic carbocycles. The van der Waals surface area contributed by atoms with Gasteiger partial charge in [-0.05, 0) is 18.1 Å². The van der Waals surface area contributed by atoms with Gasteiger partial charge in [0.05, 0.1) is 6.04 Å². The van der Waals surface area contributed by atoms with Crippen LogP contribution in [0, 0.1) is 5.92 Å². The number of nitrogens with zero attached hydrogens (tertiary/aromatic N) is 1. The molecule has 1 heterocycles. The van der Waals surface area contributed by atoms with E-state index in [1.807, 2.05) is 13.8 Å². The third kappa shape index (κ3) is 3.64. The Bertz CT molecular complexity index is 392. The van der Waals surface area contributed by atoms with Crippen LogP contribution < -0.4 is 11.1 Å². The molecule has 0 saturated heterocycles. The van der Waals surface area contributed by atoms with Gasteiger partial charge in [0.1, 0.15) is 5.69 Å². The van der Waals surface area contributed by atoms with Gasteiger partial charge in [-0.15, -0.1) is 0 Å². The number of carbonyl (C=O) groups is 2. The maximum Gasteiger partial charge on any atom is 0.276 e. The second-order valence-corrected chi connectivity index (χ2v) is 3.94. The Hall–Kier alpha value is -1.75. The van der Waals surface area contributed by atoms with Gasteiger partial charge in [0.2, 0.25) is 5.91 Å². The Labute approximate surface area is 100 Å². The van der Waals surface area contributed by atoms with E-state index in [0.717, 1.165) is 6.42 Å². The number of hydrogen-bond acceptors (Lipinski definition) is 4. The molecule has 5 nitrogen and oxygen atoms in total. The molecule has 1 aromatic heterocycles. The van der Waals surface area contributed by atoms with Crippen LogP contribution in [-0.4, -0.2) is 22.8 Å². The molecular formula is C12H17N3O2. The lowest BCUT2D eigenvalue weighted by Crippen LogP contribution is -2.46. The molecule has 0 aliphatic carbocycles. The zero-order valence-electron chi connectivity index (χ0n) is 10.0. The standard InChI is InChI=1S/C12H17N3O2/c1-3-8(2)10(13)12(17)15-11(16)9-6-4-5-7-14-9/h4-8,10H,3,13H2,1-2H3,(H,15,16,17)/t8-,10-/m0/s1. The third-order valence-corrected chi connectivity index (χ3v) is 2.69. The van der Waals surface area contributed by atoms with Gasteiger partial charge in [0, 0.05) is 6.20 Å². The summed E-state index contributed by atoms with van der Waals surface area (Å²) in [5.74, 6) is -0.948. The van der Waals surface area contributed by atoms with Gasteiger partial charge < -0.3 is 5.73 Å². The van der Waals surface area contributed by atoms with Crippen molar-refractivity contribution in [3.63, 3.8) is 0 Å². The van der Waals surface area contributed by atoms with Crippen LogP contribution in [0.4, 0.5) is 0 Å². The highest BCUT2D eigenvalue weighted by Gasteiger charge is 2.21. The van der Waals surface area contributed by atoms with Gasteiger partial charge >= 0.3 is 0 Å². The molecule has 0 aliphatic rings. The smallest absolute Gasteiger partial charge is 0.276 e. The lowest BCUT2D eigenvalue weighted by molar-refractivity contribution is -0.122. The molecule has 0 radical (unpaired) electrons. The zero-order valence-corrected chi connectivity index (χ0v) is 10.0. The van der Waals surface area contributed by atoms with Crippen molar-refractivity contribution in [3.05, 3.63) is 30.1 Å². The SMILES string of the molecule is CC[C@H](C)[C@H](N)C(=O)NC(=O)c1ccccn1. The predicted octanol–water partition coefficient (Wildman–Crippen LogP) is 0.711. The number of imide groups is 1. The van der Waals surface area contributed by atoms with Crippen molar-refractivity contribution < 1.29 is 9.59 Å². The van der Waals surface area contributed by atoms with Gasteiger partial charge in [0.25, 0.3) is 5.91 Å². The van der Waals surface area contributed by atoms with E-state index in [1.165, 1.54) is 12.3 Å². The summed E-state index contributed by atoms with van der Waals surface area (Å²) < 4.78 is 0. The Morgan fingerprint density at radius 2 is 2.18 bits per heavy atom. The highest BCUT2D eigenvalue weighted by Crippen LogP contribution is 2.05. The summed E-state index contributed by atoms with van der Waals surface area (Å²) in [7, 11) is 0. The van der Waals surface area contributed by atoms with E-state index in [9.17, 15) is 9.59 Å². The molecule has 17 heavy (non-hydrogen) atoms. The Morgan fingerprint density at radius 1 is 1.47 bits per heavy atom. The molecular weight excluding hydrogens is 218 g/mol. The predicted molar refractivity (Wildman–Crippen MR) is 64.1 cm³/mol. The Kier molecular flexibility index (Phi) is 4.78. The van der Waals surface area contributed by atoms with E-state index in [0.29, 0.717) is 0 Å². The zero-order chi connectivity index (χ0) is 12.8. The van der Waals surface area contributed by atoms with Crippen molar-refractivity contribution >= 4 is 11.8 Å². The molecule has 1 rings (SSSR count). The van der Waals surface area contributed by atoms with Crippen molar-refractivity contribution in [1.82, 2.24) is 10.3 Å². The quantitative estimate of drug-likeness (QED) is 0.805. The number of aromatic nitrogens is 1. The van der Waals surface area contributed by atoms with Crippen LogP contribution in [0.2, 0.25) is 0 Å². The fourth-order valence-electron chi connectivity index (χ4n) is 1.27. The largest absolute Gasteiger partial charge is 0.320 e. The summed E-state index contributed by atoms with van der Waals surface area (Å²) in [6.07, 6.45) is 2.28. The van der Waals surface area contributed by atoms with Crippen molar-refractivity contribution in [2.24, 2.45) is 11.7 Å². The average Bonchev–Trinajstić information content (AvgIpc) is 2.37. The molecule has 3 N–H and O–H groups in total. The van der Waals surface area contributed by atoms with Crippen LogP contribution in [0.3, 0.4) is 0 Å². The highest BCUT2D eigenvalue weighted by molar-refractivity contribution is 6.05. The normalized spacial score (nSPS) is 13.8. The van der Waals surface area contributed by atoms with Gasteiger partial charge in [0.15, 0.2) is 0 Å². The second kappa shape index (κ2) is 6.10. The average molecular weight is 235 g/mol. The van der Waals surface area contributed by atoms with Crippen molar-refractivity contribution in [2.75, 3.05) is 0 Å². The van der Waals surface area contributed by atoms with Crippen molar-refractivity contribution in [1.29, 1.82) is 0 Å². The molecule has 0 aliphatic heterocycles. The number of rotatable bonds is 4. The first-order valence-electron chi connectivity index (χ1n) is 5.58. The summed E-state index contributed by atoms with van der Waals surface area (Å²) >= 11 is 0. The molecule has 1 aromatic rings. The lowest BCUT2D eigenvalue weighted by atomic mass is 9.99. The summed E-state index contributed by atoms with van der Waals surface area (Å²) in [5, 5.41) is 2.25. The van der Waals surface area contributed by atoms with Crippen LogP contribution in [0.1, 0.15) is 30.8 Å². The van der Waals surface area contributed by atoms with E-state index in [4.69, 9.17) is 5.73 Å². The molecule has 0 bridgehead atoms. The minimum Gasteiger partial charge on any atom is -0.320 e. The number of carbonyl (C=O) groups excluding carboxylic acids is 2. The Morgan fingerprint density at radius 3 is 2.71 bits per heavy atom. The second-order valence-electron chi connectivity index (χ2n) is 3.94. The molecule has 5 heteroatoms. The maximum atomic E-state index is 11.6. The molecule has 92 valence electrons. The fourth-order valence-corrected chi connectivity index (χ4v) is 1.27. The molecule has 0 spiro atoms. The van der Waals surface area contributed by atoms with E-state index in [-0.39, 0.29) is 11.6 Å². The summed E-state index contributed by atoms with van der Waals surface area (Å²) in [6.45, 7) is 3.81. The first kappa shape index (κ1) is 13.3. The summed E-state index contributed by atoms with van der Waals surface area (Å²) in [4.78, 5) is 27.1. The molecule has 0 unspecified atom stereocenters. The van der Waals surface area contributed by atoms with E-state index < -0.39 is 17.9 Å². The van der Waals surface area contributed by atoms with E-state index >= 15 is 0 Å². The molecule has 2 amide bonds. The maximum absolute atomic E-state index is 11.6. The van der Waals surface area contributed by atoms with Crippen LogP contribution >= 0.6 is 0 Å². The number of amides is 2. The number of nitrogens with one attached hydrogen (secondary N) is 1. The number of nitrogens with two attached hydrogens (primary N) is 1. The summed E-state index contributed by atoms with van der Waals surface area (Å²) in [6, 6.07) is 4.25. The topological polar surface area (TPSA) is 85.1 Å². The van der Waals surface area contributed by atoms with Crippen LogP contribution in [0.5, 0.6) is 0 Å². The van der Waals surface area contributed by atoms with Gasteiger partial charge in [-0.1, -0.05) is 26.3 Å². The van der Waals surface area contributed by atoms with Crippen molar-refractivity contribution in [3.8, 4) is 0 Å². The first-order valence-corrected chi connectivity index (χ1v) is 5.58. The molecule has 0 saturated carbocycles. The monoisotopic (exact) mass is 235 g/mol.